The van der Waals surface area contributed by atoms with E-state index in [1.807, 2.05) is 18.2 Å². The second-order valence-electron chi connectivity index (χ2n) is 4.89. The van der Waals surface area contributed by atoms with Gasteiger partial charge < -0.3 is 5.32 Å². The lowest BCUT2D eigenvalue weighted by molar-refractivity contribution is 0.445. The fourth-order valence-corrected chi connectivity index (χ4v) is 3.63. The number of hydrogen-bond donors (Lipinski definition) is 1. The van der Waals surface area contributed by atoms with Gasteiger partial charge in [0.05, 0.1) is 10.0 Å². The Labute approximate surface area is 134 Å². The molecule has 1 N–H and O–H groups in total. The van der Waals surface area contributed by atoms with Crippen LogP contribution in [-0.4, -0.2) is 0 Å². The number of rotatable bonds is 6. The molecule has 2 rings (SSSR count). The van der Waals surface area contributed by atoms with Crippen LogP contribution in [0.2, 0.25) is 10.0 Å². The van der Waals surface area contributed by atoms with Crippen molar-refractivity contribution in [2.75, 3.05) is 0 Å². The van der Waals surface area contributed by atoms with E-state index in [0.29, 0.717) is 16.1 Å². The molecule has 1 aromatic heterocycles. The lowest BCUT2D eigenvalue weighted by Crippen LogP contribution is -2.24. The minimum Gasteiger partial charge on any atom is -0.303 e. The molecule has 0 aliphatic carbocycles. The summed E-state index contributed by atoms with van der Waals surface area (Å²) in [5.74, 6) is 0. The van der Waals surface area contributed by atoms with E-state index in [4.69, 9.17) is 23.2 Å². The Hall–Kier alpha value is -0.540. The molecular weight excluding hydrogens is 309 g/mol. The molecule has 0 bridgehead atoms. The largest absolute Gasteiger partial charge is 0.303 e. The summed E-state index contributed by atoms with van der Waals surface area (Å²) in [7, 11) is 0. The predicted octanol–water partition coefficient (Wildman–Crippen LogP) is 6.25. The minimum absolute atomic E-state index is 0.167. The van der Waals surface area contributed by atoms with E-state index >= 15 is 0 Å². The van der Waals surface area contributed by atoms with Gasteiger partial charge in [-0.25, -0.2) is 0 Å². The molecule has 0 radical (unpaired) electrons. The molecule has 0 spiro atoms. The van der Waals surface area contributed by atoms with Gasteiger partial charge in [0.15, 0.2) is 0 Å². The van der Waals surface area contributed by atoms with E-state index < -0.39 is 0 Å². The summed E-state index contributed by atoms with van der Waals surface area (Å²) in [6, 6.07) is 10.6. The summed E-state index contributed by atoms with van der Waals surface area (Å²) in [4.78, 5) is 1.37. The summed E-state index contributed by atoms with van der Waals surface area (Å²) in [6.45, 7) is 4.34. The zero-order valence-corrected chi connectivity index (χ0v) is 14.0. The Morgan fingerprint density at radius 3 is 2.65 bits per heavy atom. The van der Waals surface area contributed by atoms with Gasteiger partial charge in [-0.1, -0.05) is 54.7 Å². The Morgan fingerprint density at radius 1 is 1.20 bits per heavy atom. The third-order valence-electron chi connectivity index (χ3n) is 3.36. The number of thiophene rings is 1. The van der Waals surface area contributed by atoms with Crippen LogP contribution in [0.25, 0.3) is 0 Å². The highest BCUT2D eigenvalue weighted by atomic mass is 35.5. The van der Waals surface area contributed by atoms with Crippen molar-refractivity contribution in [2.45, 2.75) is 38.8 Å². The van der Waals surface area contributed by atoms with Gasteiger partial charge in [0.2, 0.25) is 0 Å². The van der Waals surface area contributed by atoms with Crippen molar-refractivity contribution in [2.24, 2.45) is 0 Å². The van der Waals surface area contributed by atoms with Crippen LogP contribution in [0, 0.1) is 0 Å². The Bertz CT molecular complexity index is 539. The van der Waals surface area contributed by atoms with Crippen LogP contribution in [-0.2, 0) is 0 Å². The summed E-state index contributed by atoms with van der Waals surface area (Å²) >= 11 is 14.2. The number of benzene rings is 1. The quantitative estimate of drug-likeness (QED) is 0.661. The van der Waals surface area contributed by atoms with Gasteiger partial charge in [-0.3, -0.25) is 0 Å². The maximum Gasteiger partial charge on any atom is 0.0639 e. The van der Waals surface area contributed by atoms with E-state index in [1.165, 1.54) is 4.88 Å². The average Bonchev–Trinajstić information content (AvgIpc) is 2.95. The monoisotopic (exact) mass is 327 g/mol. The fourth-order valence-electron chi connectivity index (χ4n) is 2.33. The number of nitrogens with one attached hydrogen (secondary N) is 1. The second-order valence-corrected chi connectivity index (χ2v) is 6.65. The molecule has 1 nitrogen and oxygen atoms in total. The van der Waals surface area contributed by atoms with Gasteiger partial charge in [-0.15, -0.1) is 11.3 Å². The van der Waals surface area contributed by atoms with Crippen LogP contribution < -0.4 is 5.32 Å². The van der Waals surface area contributed by atoms with Crippen LogP contribution in [0.5, 0.6) is 0 Å². The molecule has 0 saturated heterocycles. The van der Waals surface area contributed by atoms with Crippen LogP contribution >= 0.6 is 34.5 Å². The molecule has 0 amide bonds. The average molecular weight is 328 g/mol. The lowest BCUT2D eigenvalue weighted by Gasteiger charge is -2.23. The molecule has 0 aliphatic rings. The smallest absolute Gasteiger partial charge is 0.0639 e. The SMILES string of the molecule is CCCC(NC(C)c1cccc(Cl)c1Cl)c1cccs1. The summed E-state index contributed by atoms with van der Waals surface area (Å²) in [5.41, 5.74) is 1.05. The van der Waals surface area contributed by atoms with Crippen LogP contribution in [0.1, 0.15) is 49.2 Å². The first-order chi connectivity index (χ1) is 9.63. The van der Waals surface area contributed by atoms with Gasteiger partial charge in [0, 0.05) is 17.0 Å². The summed E-state index contributed by atoms with van der Waals surface area (Å²) in [6.07, 6.45) is 2.26. The molecule has 0 aliphatic heterocycles. The first-order valence-corrected chi connectivity index (χ1v) is 8.50. The van der Waals surface area contributed by atoms with Crippen molar-refractivity contribution in [1.82, 2.24) is 5.32 Å². The topological polar surface area (TPSA) is 12.0 Å². The molecule has 1 heterocycles. The van der Waals surface area contributed by atoms with Crippen LogP contribution in [0.4, 0.5) is 0 Å². The molecule has 108 valence electrons. The van der Waals surface area contributed by atoms with E-state index in [2.05, 4.69) is 36.7 Å². The van der Waals surface area contributed by atoms with Crippen molar-refractivity contribution in [1.29, 1.82) is 0 Å². The molecule has 0 fully saturated rings. The molecule has 4 heteroatoms. The molecule has 1 aromatic carbocycles. The fraction of sp³-hybridized carbons (Fsp3) is 0.375. The maximum atomic E-state index is 6.30. The van der Waals surface area contributed by atoms with E-state index in [-0.39, 0.29) is 6.04 Å². The van der Waals surface area contributed by atoms with Gasteiger partial charge in [0.1, 0.15) is 0 Å². The lowest BCUT2D eigenvalue weighted by atomic mass is 10.0. The van der Waals surface area contributed by atoms with Gasteiger partial charge in [-0.05, 0) is 36.4 Å². The molecule has 0 saturated carbocycles. The summed E-state index contributed by atoms with van der Waals surface area (Å²) in [5, 5.41) is 7.05. The maximum absolute atomic E-state index is 6.30. The first-order valence-electron chi connectivity index (χ1n) is 6.86. The van der Waals surface area contributed by atoms with E-state index in [9.17, 15) is 0 Å². The zero-order chi connectivity index (χ0) is 14.5. The molecule has 2 unspecified atom stereocenters. The highest BCUT2D eigenvalue weighted by molar-refractivity contribution is 7.10. The Balaban J connectivity index is 2.16. The second kappa shape index (κ2) is 7.46. The third kappa shape index (κ3) is 3.76. The highest BCUT2D eigenvalue weighted by Gasteiger charge is 2.18. The minimum atomic E-state index is 0.167. The van der Waals surface area contributed by atoms with Crippen molar-refractivity contribution < 1.29 is 0 Å². The number of halogens is 2. The Kier molecular flexibility index (Phi) is 5.91. The van der Waals surface area contributed by atoms with Crippen molar-refractivity contribution in [3.8, 4) is 0 Å². The van der Waals surface area contributed by atoms with E-state index in [0.717, 1.165) is 18.4 Å². The predicted molar refractivity (Wildman–Crippen MR) is 90.0 cm³/mol. The molecule has 2 aromatic rings. The van der Waals surface area contributed by atoms with Crippen molar-refractivity contribution in [3.05, 3.63) is 56.2 Å². The molecule has 20 heavy (non-hydrogen) atoms. The van der Waals surface area contributed by atoms with Crippen LogP contribution in [0.3, 0.4) is 0 Å². The molecule has 2 atom stereocenters. The van der Waals surface area contributed by atoms with Gasteiger partial charge in [-0.2, -0.15) is 0 Å². The van der Waals surface area contributed by atoms with Crippen molar-refractivity contribution >= 4 is 34.5 Å². The standard InChI is InChI=1S/C16H19Cl2NS/c1-3-6-14(15-9-5-10-20-15)19-11(2)12-7-4-8-13(17)16(12)18/h4-5,7-11,14,19H,3,6H2,1-2H3. The Morgan fingerprint density at radius 2 is 2.00 bits per heavy atom. The zero-order valence-electron chi connectivity index (χ0n) is 11.7. The normalized spacial score (nSPS) is 14.2. The number of hydrogen-bond acceptors (Lipinski definition) is 2. The van der Waals surface area contributed by atoms with Crippen molar-refractivity contribution in [3.63, 3.8) is 0 Å². The summed E-state index contributed by atoms with van der Waals surface area (Å²) < 4.78 is 0. The highest BCUT2D eigenvalue weighted by Crippen LogP contribution is 2.32. The van der Waals surface area contributed by atoms with Gasteiger partial charge >= 0.3 is 0 Å². The van der Waals surface area contributed by atoms with Crippen LogP contribution in [0.15, 0.2) is 35.7 Å². The van der Waals surface area contributed by atoms with Gasteiger partial charge in [0.25, 0.3) is 0 Å². The molecular formula is C16H19Cl2NS. The third-order valence-corrected chi connectivity index (χ3v) is 5.18. The van der Waals surface area contributed by atoms with E-state index in [1.54, 1.807) is 11.3 Å². The first kappa shape index (κ1) is 15.8.